The van der Waals surface area contributed by atoms with Crippen LogP contribution in [0.2, 0.25) is 0 Å². The van der Waals surface area contributed by atoms with Gasteiger partial charge < -0.3 is 4.90 Å². The van der Waals surface area contributed by atoms with Gasteiger partial charge in [0.25, 0.3) is 0 Å². The first-order chi connectivity index (χ1) is 9.06. The number of hydrogen-bond donors (Lipinski definition) is 0. The average molecular weight is 259 g/mol. The Hall–Kier alpha value is -1.12. The highest BCUT2D eigenvalue weighted by atomic mass is 15.3. The van der Waals surface area contributed by atoms with Gasteiger partial charge in [-0.3, -0.25) is 0 Å². The number of fused-ring (bicyclic) bond motifs is 2. The standard InChI is InChI=1S/C16H25N3/c1-10(2)13-7-17-16(18-8-13)19-9-12-5-14(19)6-15(12)11(3)4/h7-8,10-12,14-15H,5-6,9H2,1-4H3. The Labute approximate surface area is 116 Å². The van der Waals surface area contributed by atoms with Gasteiger partial charge in [-0.15, -0.1) is 0 Å². The molecule has 2 aliphatic rings. The van der Waals surface area contributed by atoms with Gasteiger partial charge in [-0.05, 0) is 42.1 Å². The quantitative estimate of drug-likeness (QED) is 0.832. The lowest BCUT2D eigenvalue weighted by Gasteiger charge is -2.33. The van der Waals surface area contributed by atoms with E-state index in [0.717, 1.165) is 30.2 Å². The maximum absolute atomic E-state index is 4.59. The molecule has 3 unspecified atom stereocenters. The zero-order chi connectivity index (χ0) is 13.6. The van der Waals surface area contributed by atoms with Crippen LogP contribution in [0.5, 0.6) is 0 Å². The molecular formula is C16H25N3. The first-order valence-electron chi connectivity index (χ1n) is 7.64. The molecule has 0 N–H and O–H groups in total. The molecule has 0 amide bonds. The minimum Gasteiger partial charge on any atom is -0.338 e. The fourth-order valence-electron chi connectivity index (χ4n) is 3.83. The highest BCUT2D eigenvalue weighted by molar-refractivity contribution is 5.36. The van der Waals surface area contributed by atoms with E-state index in [1.54, 1.807) is 0 Å². The summed E-state index contributed by atoms with van der Waals surface area (Å²) in [6.07, 6.45) is 6.67. The minimum absolute atomic E-state index is 0.509. The van der Waals surface area contributed by atoms with Gasteiger partial charge in [0.05, 0.1) is 0 Å². The molecule has 2 heterocycles. The molecule has 1 aromatic heterocycles. The zero-order valence-corrected chi connectivity index (χ0v) is 12.5. The Balaban J connectivity index is 1.72. The van der Waals surface area contributed by atoms with Gasteiger partial charge in [0.15, 0.2) is 0 Å². The van der Waals surface area contributed by atoms with Crippen LogP contribution in [0.15, 0.2) is 12.4 Å². The smallest absolute Gasteiger partial charge is 0.225 e. The molecule has 0 spiro atoms. The van der Waals surface area contributed by atoms with Crippen LogP contribution in [0, 0.1) is 17.8 Å². The summed E-state index contributed by atoms with van der Waals surface area (Å²) in [7, 11) is 0. The third-order valence-corrected chi connectivity index (χ3v) is 5.03. The molecule has 0 aromatic carbocycles. The summed E-state index contributed by atoms with van der Waals surface area (Å²) in [5.74, 6) is 4.05. The second-order valence-electron chi connectivity index (χ2n) is 6.92. The van der Waals surface area contributed by atoms with Gasteiger partial charge in [0.2, 0.25) is 5.95 Å². The van der Waals surface area contributed by atoms with Crippen molar-refractivity contribution < 1.29 is 0 Å². The molecule has 1 saturated heterocycles. The Morgan fingerprint density at radius 2 is 1.79 bits per heavy atom. The van der Waals surface area contributed by atoms with E-state index in [0.29, 0.717) is 12.0 Å². The van der Waals surface area contributed by atoms with Crippen molar-refractivity contribution in [1.82, 2.24) is 9.97 Å². The SMILES string of the molecule is CC(C)c1cnc(N2CC3CC2CC3C(C)C)nc1. The predicted molar refractivity (Wildman–Crippen MR) is 78.3 cm³/mol. The van der Waals surface area contributed by atoms with Crippen LogP contribution in [0.4, 0.5) is 5.95 Å². The largest absolute Gasteiger partial charge is 0.338 e. The molecule has 2 fully saturated rings. The maximum Gasteiger partial charge on any atom is 0.225 e. The Morgan fingerprint density at radius 3 is 2.26 bits per heavy atom. The number of hydrogen-bond acceptors (Lipinski definition) is 3. The molecule has 1 aliphatic heterocycles. The Morgan fingerprint density at radius 1 is 1.11 bits per heavy atom. The summed E-state index contributed by atoms with van der Waals surface area (Å²) in [5.41, 5.74) is 1.23. The van der Waals surface area contributed by atoms with Crippen molar-refractivity contribution in [3.05, 3.63) is 18.0 Å². The molecule has 1 aromatic rings. The van der Waals surface area contributed by atoms with Crippen molar-refractivity contribution in [3.8, 4) is 0 Å². The van der Waals surface area contributed by atoms with Crippen molar-refractivity contribution in [2.24, 2.45) is 17.8 Å². The second-order valence-corrected chi connectivity index (χ2v) is 6.92. The van der Waals surface area contributed by atoms with Crippen LogP contribution in [0.25, 0.3) is 0 Å². The van der Waals surface area contributed by atoms with Crippen LogP contribution in [0.3, 0.4) is 0 Å². The number of anilines is 1. The van der Waals surface area contributed by atoms with E-state index in [2.05, 4.69) is 42.6 Å². The van der Waals surface area contributed by atoms with Gasteiger partial charge in [0, 0.05) is 25.0 Å². The van der Waals surface area contributed by atoms with Crippen molar-refractivity contribution in [3.63, 3.8) is 0 Å². The Kier molecular flexibility index (Phi) is 3.23. The molecule has 19 heavy (non-hydrogen) atoms. The van der Waals surface area contributed by atoms with Gasteiger partial charge in [-0.2, -0.15) is 0 Å². The Bertz CT molecular complexity index is 438. The molecule has 3 nitrogen and oxygen atoms in total. The van der Waals surface area contributed by atoms with E-state index in [1.807, 2.05) is 12.4 Å². The molecule has 104 valence electrons. The lowest BCUT2D eigenvalue weighted by atomic mass is 9.85. The molecule has 3 rings (SSSR count). The van der Waals surface area contributed by atoms with Crippen LogP contribution in [-0.2, 0) is 0 Å². The fourth-order valence-corrected chi connectivity index (χ4v) is 3.83. The van der Waals surface area contributed by atoms with Crippen molar-refractivity contribution in [1.29, 1.82) is 0 Å². The van der Waals surface area contributed by atoms with Crippen LogP contribution >= 0.6 is 0 Å². The van der Waals surface area contributed by atoms with Crippen LogP contribution in [0.1, 0.15) is 52.0 Å². The summed E-state index contributed by atoms with van der Waals surface area (Å²) in [6, 6.07) is 0.683. The first-order valence-corrected chi connectivity index (χ1v) is 7.64. The van der Waals surface area contributed by atoms with E-state index in [1.165, 1.54) is 18.4 Å². The molecule has 3 atom stereocenters. The summed E-state index contributed by atoms with van der Waals surface area (Å²) < 4.78 is 0. The van der Waals surface area contributed by atoms with Crippen molar-refractivity contribution in [2.45, 2.75) is 52.5 Å². The molecule has 1 aliphatic carbocycles. The maximum atomic E-state index is 4.59. The van der Waals surface area contributed by atoms with E-state index in [4.69, 9.17) is 0 Å². The predicted octanol–water partition coefficient (Wildman–Crippen LogP) is 3.47. The molecular weight excluding hydrogens is 234 g/mol. The van der Waals surface area contributed by atoms with Gasteiger partial charge in [-0.1, -0.05) is 27.7 Å². The lowest BCUT2D eigenvalue weighted by Crippen LogP contribution is -2.37. The zero-order valence-electron chi connectivity index (χ0n) is 12.5. The summed E-state index contributed by atoms with van der Waals surface area (Å²) in [6.45, 7) is 10.3. The lowest BCUT2D eigenvalue weighted by molar-refractivity contribution is 0.283. The highest BCUT2D eigenvalue weighted by Crippen LogP contribution is 2.46. The minimum atomic E-state index is 0.509. The number of aromatic nitrogens is 2. The summed E-state index contributed by atoms with van der Waals surface area (Å²) in [4.78, 5) is 11.6. The second kappa shape index (κ2) is 4.77. The van der Waals surface area contributed by atoms with Gasteiger partial charge in [-0.25, -0.2) is 9.97 Å². The first kappa shape index (κ1) is 12.9. The highest BCUT2D eigenvalue weighted by Gasteiger charge is 2.46. The number of nitrogens with zero attached hydrogens (tertiary/aromatic N) is 3. The van der Waals surface area contributed by atoms with Crippen molar-refractivity contribution in [2.75, 3.05) is 11.4 Å². The molecule has 1 saturated carbocycles. The van der Waals surface area contributed by atoms with Gasteiger partial charge >= 0.3 is 0 Å². The molecule has 2 bridgehead atoms. The van der Waals surface area contributed by atoms with Crippen LogP contribution < -0.4 is 4.90 Å². The topological polar surface area (TPSA) is 29.0 Å². The van der Waals surface area contributed by atoms with Crippen molar-refractivity contribution >= 4 is 5.95 Å². The fraction of sp³-hybridized carbons (Fsp3) is 0.750. The monoisotopic (exact) mass is 259 g/mol. The molecule has 0 radical (unpaired) electrons. The normalized spacial score (nSPS) is 29.8. The van der Waals surface area contributed by atoms with E-state index in [9.17, 15) is 0 Å². The molecule has 3 heteroatoms. The summed E-state index contributed by atoms with van der Waals surface area (Å²) in [5, 5.41) is 0. The van der Waals surface area contributed by atoms with Gasteiger partial charge in [0.1, 0.15) is 0 Å². The third-order valence-electron chi connectivity index (χ3n) is 5.03. The number of rotatable bonds is 3. The third kappa shape index (κ3) is 2.24. The van der Waals surface area contributed by atoms with E-state index in [-0.39, 0.29) is 0 Å². The van der Waals surface area contributed by atoms with Crippen LogP contribution in [-0.4, -0.2) is 22.6 Å². The van der Waals surface area contributed by atoms with E-state index < -0.39 is 0 Å². The number of piperidine rings is 1. The average Bonchev–Trinajstić information content (AvgIpc) is 2.98. The van der Waals surface area contributed by atoms with E-state index >= 15 is 0 Å². The summed E-state index contributed by atoms with van der Waals surface area (Å²) >= 11 is 0.